The Morgan fingerprint density at radius 3 is 2.53 bits per heavy atom. The molecular weight excluding hydrogens is 527 g/mol. The summed E-state index contributed by atoms with van der Waals surface area (Å²) in [6, 6.07) is 16.6. The molecule has 3 heterocycles. The van der Waals surface area contributed by atoms with Gasteiger partial charge in [0.05, 0.1) is 13.2 Å². The van der Waals surface area contributed by atoms with Crippen LogP contribution in [0.5, 0.6) is 11.6 Å². The molecule has 202 valence electrons. The number of halogens is 2. The molecule has 0 bridgehead atoms. The predicted octanol–water partition coefficient (Wildman–Crippen LogP) is 4.58. The highest BCUT2D eigenvalue weighted by atomic mass is 35.5. The SMILES string of the molecule is Cl.NC(=O)c1ccc(F)nc1Oc1cccc(-c2ccc(CN3CCSCC3)cc2CN2CCOCC2)c1. The third-order valence-electron chi connectivity index (χ3n) is 6.63. The summed E-state index contributed by atoms with van der Waals surface area (Å²) in [5.74, 6) is 1.20. The molecule has 0 saturated carbocycles. The van der Waals surface area contributed by atoms with Crippen LogP contribution in [0.15, 0.2) is 54.6 Å². The number of nitrogens with zero attached hydrogens (tertiary/aromatic N) is 3. The monoisotopic (exact) mass is 558 g/mol. The van der Waals surface area contributed by atoms with Crippen LogP contribution in [0.2, 0.25) is 0 Å². The number of nitrogens with two attached hydrogens (primary N) is 1. The number of benzene rings is 2. The summed E-state index contributed by atoms with van der Waals surface area (Å²) in [5.41, 5.74) is 10.1. The fourth-order valence-electron chi connectivity index (χ4n) is 4.70. The number of carbonyl (C=O) groups is 1. The van der Waals surface area contributed by atoms with Crippen molar-refractivity contribution in [1.82, 2.24) is 14.8 Å². The van der Waals surface area contributed by atoms with E-state index in [0.29, 0.717) is 5.75 Å². The number of carbonyl (C=O) groups excluding carboxylic acids is 1. The van der Waals surface area contributed by atoms with E-state index in [0.717, 1.165) is 69.7 Å². The van der Waals surface area contributed by atoms with Crippen molar-refractivity contribution in [2.24, 2.45) is 5.73 Å². The van der Waals surface area contributed by atoms with Crippen LogP contribution in [0.1, 0.15) is 21.5 Å². The van der Waals surface area contributed by atoms with E-state index in [1.165, 1.54) is 28.7 Å². The molecule has 0 spiro atoms. The lowest BCUT2D eigenvalue weighted by Crippen LogP contribution is -2.36. The molecule has 2 aliphatic rings. The van der Waals surface area contributed by atoms with Crippen molar-refractivity contribution in [2.75, 3.05) is 50.9 Å². The number of primary amides is 1. The van der Waals surface area contributed by atoms with Crippen LogP contribution >= 0.6 is 24.2 Å². The summed E-state index contributed by atoms with van der Waals surface area (Å²) in [5, 5.41) is 0. The summed E-state index contributed by atoms with van der Waals surface area (Å²) in [4.78, 5) is 20.5. The van der Waals surface area contributed by atoms with Gasteiger partial charge in [-0.3, -0.25) is 14.6 Å². The number of pyridine rings is 1. The largest absolute Gasteiger partial charge is 0.438 e. The van der Waals surface area contributed by atoms with Gasteiger partial charge in [-0.25, -0.2) is 0 Å². The van der Waals surface area contributed by atoms with Gasteiger partial charge in [0.25, 0.3) is 5.91 Å². The average molecular weight is 559 g/mol. The van der Waals surface area contributed by atoms with Crippen molar-refractivity contribution >= 4 is 30.1 Å². The Bertz CT molecular complexity index is 1250. The number of amides is 1. The summed E-state index contributed by atoms with van der Waals surface area (Å²) in [7, 11) is 0. The van der Waals surface area contributed by atoms with Gasteiger partial charge in [0.2, 0.25) is 11.8 Å². The first-order chi connectivity index (χ1) is 18.0. The maximum absolute atomic E-state index is 13.8. The van der Waals surface area contributed by atoms with Gasteiger partial charge in [-0.2, -0.15) is 21.1 Å². The molecule has 1 amide bonds. The topological polar surface area (TPSA) is 80.9 Å². The van der Waals surface area contributed by atoms with Crippen LogP contribution in [0.25, 0.3) is 11.1 Å². The van der Waals surface area contributed by atoms with Crippen LogP contribution in [-0.4, -0.2) is 71.6 Å². The zero-order valence-corrected chi connectivity index (χ0v) is 22.7. The minimum absolute atomic E-state index is 0. The van der Waals surface area contributed by atoms with Gasteiger partial charge in [0, 0.05) is 50.8 Å². The number of thioether (sulfide) groups is 1. The Morgan fingerprint density at radius 2 is 1.76 bits per heavy atom. The second kappa shape index (κ2) is 13.4. The molecule has 2 aliphatic heterocycles. The molecule has 2 N–H and O–H groups in total. The molecule has 0 atom stereocenters. The van der Waals surface area contributed by atoms with Crippen molar-refractivity contribution in [3.63, 3.8) is 0 Å². The molecule has 38 heavy (non-hydrogen) atoms. The smallest absolute Gasteiger partial charge is 0.254 e. The number of hydrogen-bond donors (Lipinski definition) is 1. The van der Waals surface area contributed by atoms with E-state index < -0.39 is 11.9 Å². The molecule has 3 aromatic rings. The van der Waals surface area contributed by atoms with E-state index in [9.17, 15) is 9.18 Å². The van der Waals surface area contributed by atoms with Crippen LogP contribution in [0.3, 0.4) is 0 Å². The predicted molar refractivity (Wildman–Crippen MR) is 151 cm³/mol. The van der Waals surface area contributed by atoms with Crippen molar-refractivity contribution in [3.05, 3.63) is 77.2 Å². The zero-order valence-electron chi connectivity index (χ0n) is 21.1. The van der Waals surface area contributed by atoms with Gasteiger partial charge < -0.3 is 15.2 Å². The fourth-order valence-corrected chi connectivity index (χ4v) is 5.68. The van der Waals surface area contributed by atoms with Gasteiger partial charge in [0.1, 0.15) is 11.3 Å². The Hall–Kier alpha value is -2.69. The van der Waals surface area contributed by atoms with E-state index in [4.69, 9.17) is 15.2 Å². The lowest BCUT2D eigenvalue weighted by atomic mass is 9.96. The molecule has 7 nitrogen and oxygen atoms in total. The first-order valence-electron chi connectivity index (χ1n) is 12.5. The fraction of sp³-hybridized carbons (Fsp3) is 0.357. The highest BCUT2D eigenvalue weighted by Crippen LogP contribution is 2.32. The lowest BCUT2D eigenvalue weighted by Gasteiger charge is -2.29. The summed E-state index contributed by atoms with van der Waals surface area (Å²) < 4.78 is 25.2. The Labute approximate surface area is 232 Å². The van der Waals surface area contributed by atoms with Crippen molar-refractivity contribution < 1.29 is 18.7 Å². The molecule has 0 unspecified atom stereocenters. The van der Waals surface area contributed by atoms with Gasteiger partial charge in [-0.05, 0) is 46.5 Å². The molecule has 2 saturated heterocycles. The summed E-state index contributed by atoms with van der Waals surface area (Å²) in [6.45, 7) is 7.29. The molecule has 2 fully saturated rings. The first kappa shape index (κ1) is 28.3. The highest BCUT2D eigenvalue weighted by molar-refractivity contribution is 7.99. The maximum atomic E-state index is 13.8. The van der Waals surface area contributed by atoms with Gasteiger partial charge in [-0.15, -0.1) is 12.4 Å². The lowest BCUT2D eigenvalue weighted by molar-refractivity contribution is 0.0342. The van der Waals surface area contributed by atoms with Gasteiger partial charge >= 0.3 is 0 Å². The van der Waals surface area contributed by atoms with E-state index in [-0.39, 0.29) is 23.9 Å². The summed E-state index contributed by atoms with van der Waals surface area (Å²) >= 11 is 2.02. The van der Waals surface area contributed by atoms with E-state index >= 15 is 0 Å². The Morgan fingerprint density at radius 1 is 1.00 bits per heavy atom. The molecule has 0 aliphatic carbocycles. The number of hydrogen-bond acceptors (Lipinski definition) is 7. The minimum Gasteiger partial charge on any atom is -0.438 e. The van der Waals surface area contributed by atoms with E-state index in [1.54, 1.807) is 6.07 Å². The molecule has 5 rings (SSSR count). The van der Waals surface area contributed by atoms with Crippen molar-refractivity contribution in [3.8, 4) is 22.8 Å². The van der Waals surface area contributed by atoms with Crippen LogP contribution in [0, 0.1) is 5.95 Å². The van der Waals surface area contributed by atoms with Crippen molar-refractivity contribution in [1.29, 1.82) is 0 Å². The third kappa shape index (κ3) is 7.24. The first-order valence-corrected chi connectivity index (χ1v) is 13.7. The van der Waals surface area contributed by atoms with E-state index in [1.807, 2.05) is 30.0 Å². The highest BCUT2D eigenvalue weighted by Gasteiger charge is 2.18. The van der Waals surface area contributed by atoms with Crippen LogP contribution < -0.4 is 10.5 Å². The zero-order chi connectivity index (χ0) is 25.6. The normalized spacial score (nSPS) is 16.6. The summed E-state index contributed by atoms with van der Waals surface area (Å²) in [6.07, 6.45) is 0. The second-order valence-corrected chi connectivity index (χ2v) is 10.5. The quantitative estimate of drug-likeness (QED) is 0.405. The van der Waals surface area contributed by atoms with E-state index in [2.05, 4.69) is 33.0 Å². The minimum atomic E-state index is -0.744. The number of morpholine rings is 1. The van der Waals surface area contributed by atoms with Gasteiger partial charge in [0.15, 0.2) is 0 Å². The van der Waals surface area contributed by atoms with Crippen molar-refractivity contribution in [2.45, 2.75) is 13.1 Å². The molecule has 10 heteroatoms. The third-order valence-corrected chi connectivity index (χ3v) is 7.57. The van der Waals surface area contributed by atoms with Crippen LogP contribution in [0.4, 0.5) is 4.39 Å². The molecule has 1 aromatic heterocycles. The number of aromatic nitrogens is 1. The molecule has 2 aromatic carbocycles. The molecular formula is C28H32ClFN4O3S. The molecule has 0 radical (unpaired) electrons. The second-order valence-electron chi connectivity index (χ2n) is 9.25. The number of rotatable bonds is 8. The Kier molecular flexibility index (Phi) is 9.98. The number of ether oxygens (including phenoxy) is 2. The van der Waals surface area contributed by atoms with Gasteiger partial charge in [-0.1, -0.05) is 30.3 Å². The average Bonchev–Trinajstić information content (AvgIpc) is 2.90. The Balaban J connectivity index is 0.00000336. The van der Waals surface area contributed by atoms with Crippen LogP contribution in [-0.2, 0) is 17.8 Å². The maximum Gasteiger partial charge on any atom is 0.254 e. The standard InChI is InChI=1S/C28H31FN4O3S.ClH/c29-26-7-6-25(27(30)34)28(31-26)36-23-3-1-2-21(17-23)24-5-4-20(18-33-10-14-37-15-11-33)16-22(24)19-32-8-12-35-13-9-32;/h1-7,16-17H,8-15,18-19H2,(H2,30,34);1H.